The number of hydrogen-bond acceptors (Lipinski definition) is 7. The molecule has 3 aromatic rings. The van der Waals surface area contributed by atoms with Gasteiger partial charge in [-0.1, -0.05) is 11.6 Å². The normalized spacial score (nSPS) is 22.2. The van der Waals surface area contributed by atoms with Crippen LogP contribution >= 0.6 is 11.6 Å². The number of halogens is 3. The second-order valence-electron chi connectivity index (χ2n) is 8.34. The highest BCUT2D eigenvalue weighted by Gasteiger charge is 2.43. The molecule has 3 heterocycles. The number of hydrogen-bond donors (Lipinski definition) is 1. The molecule has 1 N–H and O–H groups in total. The zero-order valence-corrected chi connectivity index (χ0v) is 18.6. The van der Waals surface area contributed by atoms with Crippen LogP contribution in [0, 0.1) is 24.6 Å². The molecule has 11 heteroatoms. The van der Waals surface area contributed by atoms with Gasteiger partial charge in [-0.3, -0.25) is 0 Å². The molecule has 2 aromatic heterocycles. The summed E-state index contributed by atoms with van der Waals surface area (Å²) < 4.78 is 33.4. The standard InChI is InChI=1S/C22H22ClF2N7O/c1-13-6-19(27-12-26-13)31-10-14-2-3-15(11-31)20(14)28-21-29-22(32(30-21)5-4-24)33-18-8-16(23)7-17(25)9-18/h4-9,12,14-15,20H,2-3,10-11H2,1H3,(H,28,30)/b5-4+/t14-,15+,20+. The average Bonchev–Trinajstić information content (AvgIpc) is 3.22. The van der Waals surface area contributed by atoms with E-state index in [9.17, 15) is 8.78 Å². The van der Waals surface area contributed by atoms with Gasteiger partial charge in [-0.15, -0.1) is 5.10 Å². The zero-order chi connectivity index (χ0) is 22.9. The Bertz CT molecular complexity index is 1150. The molecule has 0 amide bonds. The van der Waals surface area contributed by atoms with E-state index in [1.807, 2.05) is 13.0 Å². The van der Waals surface area contributed by atoms with Gasteiger partial charge in [-0.05, 0) is 43.7 Å². The van der Waals surface area contributed by atoms with Crippen LogP contribution < -0.4 is 15.0 Å². The van der Waals surface area contributed by atoms with Gasteiger partial charge in [0.05, 0.1) is 6.20 Å². The van der Waals surface area contributed by atoms with Crippen molar-refractivity contribution >= 4 is 29.6 Å². The van der Waals surface area contributed by atoms with E-state index < -0.39 is 5.82 Å². The van der Waals surface area contributed by atoms with Crippen LogP contribution in [0.2, 0.25) is 5.02 Å². The highest BCUT2D eigenvalue weighted by molar-refractivity contribution is 6.30. The maximum absolute atomic E-state index is 13.7. The number of nitrogens with one attached hydrogen (secondary N) is 1. The van der Waals surface area contributed by atoms with Crippen LogP contribution in [-0.2, 0) is 0 Å². The minimum atomic E-state index is -0.551. The lowest BCUT2D eigenvalue weighted by molar-refractivity contribution is 0.374. The van der Waals surface area contributed by atoms with E-state index in [-0.39, 0.29) is 22.8 Å². The monoisotopic (exact) mass is 473 g/mol. The molecule has 1 aliphatic carbocycles. The van der Waals surface area contributed by atoms with Crippen molar-refractivity contribution in [3.8, 4) is 11.8 Å². The van der Waals surface area contributed by atoms with Crippen LogP contribution in [0.15, 0.2) is 36.9 Å². The third kappa shape index (κ3) is 4.61. The van der Waals surface area contributed by atoms with Crippen molar-refractivity contribution in [2.45, 2.75) is 25.8 Å². The van der Waals surface area contributed by atoms with E-state index in [2.05, 4.69) is 30.3 Å². The summed E-state index contributed by atoms with van der Waals surface area (Å²) in [6.45, 7) is 3.68. The maximum atomic E-state index is 13.7. The highest BCUT2D eigenvalue weighted by atomic mass is 35.5. The quantitative estimate of drug-likeness (QED) is 0.556. The van der Waals surface area contributed by atoms with Gasteiger partial charge in [0.15, 0.2) is 0 Å². The molecule has 0 radical (unpaired) electrons. The van der Waals surface area contributed by atoms with Crippen LogP contribution in [0.1, 0.15) is 18.5 Å². The van der Waals surface area contributed by atoms with Crippen LogP contribution in [0.25, 0.3) is 6.20 Å². The molecule has 2 fully saturated rings. The van der Waals surface area contributed by atoms with Gasteiger partial charge >= 0.3 is 6.01 Å². The summed E-state index contributed by atoms with van der Waals surface area (Å²) >= 11 is 5.89. The highest BCUT2D eigenvalue weighted by Crippen LogP contribution is 2.40. The van der Waals surface area contributed by atoms with Gasteiger partial charge in [-0.25, -0.2) is 18.7 Å². The molecule has 5 rings (SSSR count). The number of aromatic nitrogens is 5. The molecule has 8 nitrogen and oxygen atoms in total. The molecular formula is C22H22ClF2N7O. The molecule has 1 aliphatic heterocycles. The molecule has 1 aromatic carbocycles. The Labute approximate surface area is 194 Å². The predicted octanol–water partition coefficient (Wildman–Crippen LogP) is 4.69. The molecule has 33 heavy (non-hydrogen) atoms. The lowest BCUT2D eigenvalue weighted by Gasteiger charge is -2.38. The lowest BCUT2D eigenvalue weighted by Crippen LogP contribution is -2.48. The van der Waals surface area contributed by atoms with Crippen molar-refractivity contribution in [2.75, 3.05) is 23.3 Å². The smallest absolute Gasteiger partial charge is 0.326 e. The number of fused-ring (bicyclic) bond motifs is 2. The Morgan fingerprint density at radius 1 is 1.15 bits per heavy atom. The van der Waals surface area contributed by atoms with Crippen molar-refractivity contribution < 1.29 is 13.5 Å². The summed E-state index contributed by atoms with van der Waals surface area (Å²) in [7, 11) is 0. The fraction of sp³-hybridized carbons (Fsp3) is 0.364. The van der Waals surface area contributed by atoms with E-state index in [0.717, 1.165) is 48.3 Å². The molecule has 2 bridgehead atoms. The lowest BCUT2D eigenvalue weighted by atomic mass is 9.92. The van der Waals surface area contributed by atoms with Crippen molar-refractivity contribution in [3.05, 3.63) is 53.5 Å². The molecule has 0 spiro atoms. The third-order valence-corrected chi connectivity index (χ3v) is 6.30. The first kappa shape index (κ1) is 21.6. The van der Waals surface area contributed by atoms with Crippen molar-refractivity contribution in [3.63, 3.8) is 0 Å². The average molecular weight is 474 g/mol. The summed E-state index contributed by atoms with van der Waals surface area (Å²) in [6.07, 6.45) is 5.16. The first-order valence-corrected chi connectivity index (χ1v) is 11.0. The van der Waals surface area contributed by atoms with Gasteiger partial charge in [-0.2, -0.15) is 9.67 Å². The van der Waals surface area contributed by atoms with Crippen LogP contribution in [-0.4, -0.2) is 43.9 Å². The van der Waals surface area contributed by atoms with Crippen molar-refractivity contribution in [1.82, 2.24) is 24.7 Å². The largest absolute Gasteiger partial charge is 0.424 e. The Kier molecular flexibility index (Phi) is 5.84. The minimum Gasteiger partial charge on any atom is -0.424 e. The van der Waals surface area contributed by atoms with Gasteiger partial charge < -0.3 is 15.0 Å². The number of anilines is 2. The van der Waals surface area contributed by atoms with E-state index >= 15 is 0 Å². The Morgan fingerprint density at radius 3 is 2.64 bits per heavy atom. The molecule has 2 aliphatic rings. The zero-order valence-electron chi connectivity index (χ0n) is 17.8. The fourth-order valence-electron chi connectivity index (χ4n) is 4.69. The predicted molar refractivity (Wildman–Crippen MR) is 121 cm³/mol. The van der Waals surface area contributed by atoms with E-state index in [1.165, 1.54) is 18.2 Å². The van der Waals surface area contributed by atoms with E-state index in [0.29, 0.717) is 24.1 Å². The minimum absolute atomic E-state index is 0.00527. The van der Waals surface area contributed by atoms with Crippen LogP contribution in [0.5, 0.6) is 11.8 Å². The number of rotatable bonds is 6. The van der Waals surface area contributed by atoms with Gasteiger partial charge in [0, 0.05) is 42.0 Å². The number of nitrogens with zero attached hydrogens (tertiary/aromatic N) is 6. The molecule has 0 unspecified atom stereocenters. The van der Waals surface area contributed by atoms with Gasteiger partial charge in [0.2, 0.25) is 5.95 Å². The molecule has 1 saturated heterocycles. The summed E-state index contributed by atoms with van der Waals surface area (Å²) in [5, 5.41) is 7.90. The number of benzene rings is 1. The summed E-state index contributed by atoms with van der Waals surface area (Å²) in [5.41, 5.74) is 0.940. The van der Waals surface area contributed by atoms with Crippen molar-refractivity contribution in [1.29, 1.82) is 0 Å². The Hall–Kier alpha value is -3.27. The van der Waals surface area contributed by atoms with E-state index in [1.54, 1.807) is 6.33 Å². The Morgan fingerprint density at radius 2 is 1.94 bits per heavy atom. The Balaban J connectivity index is 1.33. The number of piperidine rings is 1. The topological polar surface area (TPSA) is 81.0 Å². The van der Waals surface area contributed by atoms with Gasteiger partial charge in [0.1, 0.15) is 30.0 Å². The first-order chi connectivity index (χ1) is 16.0. The summed E-state index contributed by atoms with van der Waals surface area (Å²) in [6, 6.07) is 5.95. The summed E-state index contributed by atoms with van der Waals surface area (Å²) in [4.78, 5) is 15.3. The first-order valence-electron chi connectivity index (χ1n) is 10.7. The molecule has 3 atom stereocenters. The summed E-state index contributed by atoms with van der Waals surface area (Å²) in [5.74, 6) is 1.62. The third-order valence-electron chi connectivity index (χ3n) is 6.09. The van der Waals surface area contributed by atoms with Crippen molar-refractivity contribution in [2.24, 2.45) is 11.8 Å². The fourth-order valence-corrected chi connectivity index (χ4v) is 4.90. The molecule has 172 valence electrons. The van der Waals surface area contributed by atoms with Crippen LogP contribution in [0.4, 0.5) is 20.5 Å². The van der Waals surface area contributed by atoms with Gasteiger partial charge in [0.25, 0.3) is 0 Å². The second kappa shape index (κ2) is 8.93. The van der Waals surface area contributed by atoms with E-state index in [4.69, 9.17) is 16.3 Å². The molecule has 1 saturated carbocycles. The van der Waals surface area contributed by atoms with Crippen LogP contribution in [0.3, 0.4) is 0 Å². The molecular weight excluding hydrogens is 452 g/mol. The maximum Gasteiger partial charge on any atom is 0.326 e. The SMILES string of the molecule is Cc1cc(N2C[C@H]3CC[C@@H](C2)[C@H]3Nc2nc(Oc3cc(F)cc(Cl)c3)n(/C=C/F)n2)ncn1. The number of ether oxygens (including phenoxy) is 1. The second-order valence-corrected chi connectivity index (χ2v) is 8.77. The number of aryl methyl sites for hydroxylation is 1.